The standard InChI is InChI=1S/C12H21N3O2/c1-12(2,3)10(5-6-16)15-11-13-7-9(17-4)8-14-11/h7-8,10,16H,5-6H2,1-4H3,(H,13,14,15). The summed E-state index contributed by atoms with van der Waals surface area (Å²) in [6.07, 6.45) is 3.90. The van der Waals surface area contributed by atoms with E-state index in [9.17, 15) is 0 Å². The molecule has 0 aromatic carbocycles. The van der Waals surface area contributed by atoms with E-state index in [1.165, 1.54) is 0 Å². The van der Waals surface area contributed by atoms with Gasteiger partial charge in [0.1, 0.15) is 0 Å². The van der Waals surface area contributed by atoms with Gasteiger partial charge in [-0.2, -0.15) is 0 Å². The number of aliphatic hydroxyl groups is 1. The van der Waals surface area contributed by atoms with E-state index in [0.717, 1.165) is 0 Å². The number of hydrogen-bond acceptors (Lipinski definition) is 5. The Morgan fingerprint density at radius 2 is 1.94 bits per heavy atom. The summed E-state index contributed by atoms with van der Waals surface area (Å²) < 4.78 is 5.00. The van der Waals surface area contributed by atoms with E-state index < -0.39 is 0 Å². The first-order valence-corrected chi connectivity index (χ1v) is 5.71. The molecule has 96 valence electrons. The van der Waals surface area contributed by atoms with E-state index in [0.29, 0.717) is 18.1 Å². The lowest BCUT2D eigenvalue weighted by Gasteiger charge is -2.31. The number of aromatic nitrogens is 2. The molecule has 1 atom stereocenters. The first-order valence-electron chi connectivity index (χ1n) is 5.71. The number of ether oxygens (including phenoxy) is 1. The average molecular weight is 239 g/mol. The molecule has 5 nitrogen and oxygen atoms in total. The van der Waals surface area contributed by atoms with Crippen LogP contribution in [0.1, 0.15) is 27.2 Å². The molecule has 0 aliphatic heterocycles. The zero-order valence-electron chi connectivity index (χ0n) is 10.9. The summed E-state index contributed by atoms with van der Waals surface area (Å²) in [5, 5.41) is 12.3. The van der Waals surface area contributed by atoms with Crippen molar-refractivity contribution in [3.05, 3.63) is 12.4 Å². The number of nitrogens with one attached hydrogen (secondary N) is 1. The topological polar surface area (TPSA) is 67.3 Å². The van der Waals surface area contributed by atoms with Crippen molar-refractivity contribution in [1.82, 2.24) is 9.97 Å². The summed E-state index contributed by atoms with van der Waals surface area (Å²) in [6.45, 7) is 6.49. The minimum absolute atomic E-state index is 0.0337. The molecule has 0 bridgehead atoms. The molecular formula is C12H21N3O2. The van der Waals surface area contributed by atoms with Crippen molar-refractivity contribution in [1.29, 1.82) is 0 Å². The molecule has 17 heavy (non-hydrogen) atoms. The van der Waals surface area contributed by atoms with Crippen LogP contribution in [-0.2, 0) is 0 Å². The van der Waals surface area contributed by atoms with Crippen LogP contribution in [0, 0.1) is 5.41 Å². The monoisotopic (exact) mass is 239 g/mol. The normalized spacial score (nSPS) is 13.2. The summed E-state index contributed by atoms with van der Waals surface area (Å²) in [5.74, 6) is 1.18. The summed E-state index contributed by atoms with van der Waals surface area (Å²) in [5.41, 5.74) is 0.0337. The van der Waals surface area contributed by atoms with Gasteiger partial charge >= 0.3 is 0 Å². The van der Waals surface area contributed by atoms with Gasteiger partial charge in [-0.1, -0.05) is 20.8 Å². The van der Waals surface area contributed by atoms with Gasteiger partial charge < -0.3 is 15.2 Å². The number of nitrogens with zero attached hydrogens (tertiary/aromatic N) is 2. The van der Waals surface area contributed by atoms with Crippen LogP contribution in [0.3, 0.4) is 0 Å². The molecule has 0 fully saturated rings. The van der Waals surface area contributed by atoms with Crippen LogP contribution < -0.4 is 10.1 Å². The third-order valence-corrected chi connectivity index (χ3v) is 2.63. The predicted octanol–water partition coefficient (Wildman–Crippen LogP) is 1.69. The van der Waals surface area contributed by atoms with Crippen molar-refractivity contribution in [3.8, 4) is 5.75 Å². The van der Waals surface area contributed by atoms with E-state index in [2.05, 4.69) is 36.1 Å². The minimum Gasteiger partial charge on any atom is -0.494 e. The number of hydrogen-bond donors (Lipinski definition) is 2. The Balaban J connectivity index is 2.72. The van der Waals surface area contributed by atoms with Crippen molar-refractivity contribution in [3.63, 3.8) is 0 Å². The van der Waals surface area contributed by atoms with Crippen molar-refractivity contribution in [2.45, 2.75) is 33.2 Å². The smallest absolute Gasteiger partial charge is 0.223 e. The van der Waals surface area contributed by atoms with Gasteiger partial charge in [-0.3, -0.25) is 0 Å². The summed E-state index contributed by atoms with van der Waals surface area (Å²) in [4.78, 5) is 8.31. The van der Waals surface area contributed by atoms with E-state index in [4.69, 9.17) is 9.84 Å². The second-order valence-corrected chi connectivity index (χ2v) is 5.02. The second-order valence-electron chi connectivity index (χ2n) is 5.02. The van der Waals surface area contributed by atoms with Crippen molar-refractivity contribution < 1.29 is 9.84 Å². The molecule has 1 unspecified atom stereocenters. The zero-order valence-corrected chi connectivity index (χ0v) is 10.9. The molecule has 2 N–H and O–H groups in total. The van der Waals surface area contributed by atoms with Gasteiger partial charge in [-0.15, -0.1) is 0 Å². The second kappa shape index (κ2) is 5.82. The number of methoxy groups -OCH3 is 1. The highest BCUT2D eigenvalue weighted by Gasteiger charge is 2.24. The van der Waals surface area contributed by atoms with Crippen LogP contribution in [0.4, 0.5) is 5.95 Å². The highest BCUT2D eigenvalue weighted by atomic mass is 16.5. The molecule has 0 aliphatic rings. The zero-order chi connectivity index (χ0) is 12.9. The number of anilines is 1. The number of aliphatic hydroxyl groups excluding tert-OH is 1. The third kappa shape index (κ3) is 4.19. The maximum atomic E-state index is 9.06. The van der Waals surface area contributed by atoms with Crippen LogP contribution in [0.25, 0.3) is 0 Å². The van der Waals surface area contributed by atoms with Gasteiger partial charge in [-0.05, 0) is 11.8 Å². The van der Waals surface area contributed by atoms with Crippen molar-refractivity contribution in [2.75, 3.05) is 19.0 Å². The maximum absolute atomic E-state index is 9.06. The Labute approximate surface area is 102 Å². The molecule has 0 saturated heterocycles. The summed E-state index contributed by atoms with van der Waals surface area (Å²) in [6, 6.07) is 0.126. The van der Waals surface area contributed by atoms with Crippen LogP contribution in [0.2, 0.25) is 0 Å². The Morgan fingerprint density at radius 3 is 2.35 bits per heavy atom. The molecule has 0 amide bonds. The minimum atomic E-state index is 0.0337. The summed E-state index contributed by atoms with van der Waals surface area (Å²) >= 11 is 0. The fourth-order valence-corrected chi connectivity index (χ4v) is 1.50. The number of rotatable bonds is 5. The molecule has 0 aliphatic carbocycles. The van der Waals surface area contributed by atoms with E-state index in [1.54, 1.807) is 19.5 Å². The molecular weight excluding hydrogens is 218 g/mol. The largest absolute Gasteiger partial charge is 0.494 e. The van der Waals surface area contributed by atoms with Crippen LogP contribution in [-0.4, -0.2) is 34.8 Å². The third-order valence-electron chi connectivity index (χ3n) is 2.63. The molecule has 5 heteroatoms. The van der Waals surface area contributed by atoms with E-state index in [1.807, 2.05) is 0 Å². The molecule has 1 aromatic heterocycles. The van der Waals surface area contributed by atoms with Gasteiger partial charge in [0.05, 0.1) is 19.5 Å². The summed E-state index contributed by atoms with van der Waals surface area (Å²) in [7, 11) is 1.58. The van der Waals surface area contributed by atoms with Gasteiger partial charge in [0.2, 0.25) is 5.95 Å². The molecule has 0 spiro atoms. The van der Waals surface area contributed by atoms with Gasteiger partial charge in [-0.25, -0.2) is 9.97 Å². The fraction of sp³-hybridized carbons (Fsp3) is 0.667. The Bertz CT molecular complexity index is 333. The molecule has 1 aromatic rings. The van der Waals surface area contributed by atoms with Crippen LogP contribution in [0.15, 0.2) is 12.4 Å². The Morgan fingerprint density at radius 1 is 1.35 bits per heavy atom. The van der Waals surface area contributed by atoms with Gasteiger partial charge in [0, 0.05) is 12.6 Å². The molecule has 0 radical (unpaired) electrons. The Hall–Kier alpha value is -1.36. The molecule has 1 heterocycles. The van der Waals surface area contributed by atoms with Crippen LogP contribution >= 0.6 is 0 Å². The fourth-order valence-electron chi connectivity index (χ4n) is 1.50. The highest BCUT2D eigenvalue weighted by molar-refractivity contribution is 5.29. The molecule has 0 saturated carbocycles. The first kappa shape index (κ1) is 13.7. The predicted molar refractivity (Wildman–Crippen MR) is 67.2 cm³/mol. The Kier molecular flexibility index (Phi) is 4.69. The lowest BCUT2D eigenvalue weighted by molar-refractivity contribution is 0.234. The van der Waals surface area contributed by atoms with Crippen molar-refractivity contribution >= 4 is 5.95 Å². The maximum Gasteiger partial charge on any atom is 0.223 e. The molecule has 1 rings (SSSR count). The SMILES string of the molecule is COc1cnc(NC(CCO)C(C)(C)C)nc1. The van der Waals surface area contributed by atoms with Gasteiger partial charge in [0.25, 0.3) is 0 Å². The quantitative estimate of drug-likeness (QED) is 0.818. The lowest BCUT2D eigenvalue weighted by Crippen LogP contribution is -2.35. The van der Waals surface area contributed by atoms with Crippen LogP contribution in [0.5, 0.6) is 5.75 Å². The highest BCUT2D eigenvalue weighted by Crippen LogP contribution is 2.24. The van der Waals surface area contributed by atoms with Gasteiger partial charge in [0.15, 0.2) is 5.75 Å². The van der Waals surface area contributed by atoms with Crippen molar-refractivity contribution in [2.24, 2.45) is 5.41 Å². The van der Waals surface area contributed by atoms with E-state index in [-0.39, 0.29) is 18.1 Å². The van der Waals surface area contributed by atoms with E-state index >= 15 is 0 Å². The first-order chi connectivity index (χ1) is 7.97. The lowest BCUT2D eigenvalue weighted by atomic mass is 9.85. The average Bonchev–Trinajstić information content (AvgIpc) is 2.28.